The van der Waals surface area contributed by atoms with Crippen LogP contribution in [0.3, 0.4) is 0 Å². The number of rotatable bonds is 6. The van der Waals surface area contributed by atoms with Crippen molar-refractivity contribution in [2.75, 3.05) is 39.9 Å². The lowest BCUT2D eigenvalue weighted by atomic mass is 10.1. The molecule has 126 valence electrons. The lowest BCUT2D eigenvalue weighted by molar-refractivity contribution is 0.114. The fraction of sp³-hybridized carbons (Fsp3) is 0.688. The molecule has 0 radical (unpaired) electrons. The monoisotopic (exact) mass is 437 g/mol. The van der Waals surface area contributed by atoms with Crippen molar-refractivity contribution in [2.45, 2.75) is 26.2 Å². The molecule has 4 nitrogen and oxygen atoms in total. The number of thiophene rings is 1. The van der Waals surface area contributed by atoms with Crippen LogP contribution < -0.4 is 5.32 Å². The average Bonchev–Trinajstić information content (AvgIpc) is 3.17. The Bertz CT molecular complexity index is 439. The minimum atomic E-state index is 0. The van der Waals surface area contributed by atoms with Gasteiger partial charge in [0, 0.05) is 50.0 Å². The molecule has 2 rings (SSSR count). The van der Waals surface area contributed by atoms with Gasteiger partial charge in [0.05, 0.1) is 6.61 Å². The van der Waals surface area contributed by atoms with Crippen molar-refractivity contribution in [3.05, 3.63) is 22.4 Å². The minimum absolute atomic E-state index is 0. The molecule has 0 bridgehead atoms. The van der Waals surface area contributed by atoms with Gasteiger partial charge in [-0.1, -0.05) is 13.0 Å². The van der Waals surface area contributed by atoms with Crippen molar-refractivity contribution in [3.8, 4) is 0 Å². The highest BCUT2D eigenvalue weighted by molar-refractivity contribution is 14.0. The predicted octanol–water partition coefficient (Wildman–Crippen LogP) is 3.40. The number of nitrogens with one attached hydrogen (secondary N) is 1. The summed E-state index contributed by atoms with van der Waals surface area (Å²) in [5.74, 6) is 2.18. The van der Waals surface area contributed by atoms with Gasteiger partial charge in [-0.15, -0.1) is 35.3 Å². The van der Waals surface area contributed by atoms with E-state index >= 15 is 0 Å². The molecule has 1 N–H and O–H groups in total. The van der Waals surface area contributed by atoms with Gasteiger partial charge in [0.25, 0.3) is 0 Å². The van der Waals surface area contributed by atoms with Crippen molar-refractivity contribution in [2.24, 2.45) is 10.9 Å². The van der Waals surface area contributed by atoms with E-state index in [9.17, 15) is 0 Å². The maximum atomic E-state index is 5.54. The third-order valence-corrected chi connectivity index (χ3v) is 5.05. The van der Waals surface area contributed by atoms with Crippen molar-refractivity contribution in [3.63, 3.8) is 0 Å². The Morgan fingerprint density at radius 2 is 2.41 bits per heavy atom. The van der Waals surface area contributed by atoms with E-state index in [1.807, 2.05) is 18.4 Å². The van der Waals surface area contributed by atoms with Crippen molar-refractivity contribution < 1.29 is 4.74 Å². The quantitative estimate of drug-likeness (QED) is 0.421. The number of hydrogen-bond donors (Lipinski definition) is 1. The molecule has 0 spiro atoms. The van der Waals surface area contributed by atoms with E-state index in [2.05, 4.69) is 46.6 Å². The first kappa shape index (κ1) is 19.7. The Labute approximate surface area is 155 Å². The molecule has 1 saturated heterocycles. The number of ether oxygens (including phenoxy) is 1. The SMILES string of the molecule is CCOCC1CCN(C(=NC)NCC(C)c2cccs2)C1.I. The average molecular weight is 437 g/mol. The highest BCUT2D eigenvalue weighted by Gasteiger charge is 2.25. The second-order valence-corrected chi connectivity index (χ2v) is 6.58. The Kier molecular flexibility index (Phi) is 9.35. The van der Waals surface area contributed by atoms with Crippen LogP contribution in [0, 0.1) is 5.92 Å². The van der Waals surface area contributed by atoms with Gasteiger partial charge in [-0.25, -0.2) is 0 Å². The van der Waals surface area contributed by atoms with E-state index in [4.69, 9.17) is 4.74 Å². The summed E-state index contributed by atoms with van der Waals surface area (Å²) < 4.78 is 5.54. The molecule has 2 heterocycles. The lowest BCUT2D eigenvalue weighted by Gasteiger charge is -2.23. The Morgan fingerprint density at radius 1 is 1.59 bits per heavy atom. The molecule has 0 saturated carbocycles. The van der Waals surface area contributed by atoms with Gasteiger partial charge in [-0.05, 0) is 24.8 Å². The fourth-order valence-electron chi connectivity index (χ4n) is 2.69. The van der Waals surface area contributed by atoms with Gasteiger partial charge in [-0.2, -0.15) is 0 Å². The molecule has 1 aliphatic heterocycles. The van der Waals surface area contributed by atoms with Crippen LogP contribution in [0.1, 0.15) is 31.1 Å². The van der Waals surface area contributed by atoms with Crippen LogP contribution >= 0.6 is 35.3 Å². The van der Waals surface area contributed by atoms with E-state index in [1.165, 1.54) is 11.3 Å². The van der Waals surface area contributed by atoms with Gasteiger partial charge < -0.3 is 15.0 Å². The van der Waals surface area contributed by atoms with Crippen LogP contribution in [0.2, 0.25) is 0 Å². The molecule has 1 fully saturated rings. The molecule has 0 aliphatic carbocycles. The van der Waals surface area contributed by atoms with Crippen LogP contribution in [0.5, 0.6) is 0 Å². The maximum absolute atomic E-state index is 5.54. The number of guanidine groups is 1. The summed E-state index contributed by atoms with van der Waals surface area (Å²) >= 11 is 1.82. The van der Waals surface area contributed by atoms with E-state index in [0.717, 1.165) is 38.8 Å². The predicted molar refractivity (Wildman–Crippen MR) is 106 cm³/mol. The number of hydrogen-bond acceptors (Lipinski definition) is 3. The van der Waals surface area contributed by atoms with Gasteiger partial charge in [0.2, 0.25) is 0 Å². The zero-order valence-corrected chi connectivity index (χ0v) is 16.9. The summed E-state index contributed by atoms with van der Waals surface area (Å²) in [6, 6.07) is 4.32. The van der Waals surface area contributed by atoms with Crippen molar-refractivity contribution in [1.29, 1.82) is 0 Å². The van der Waals surface area contributed by atoms with E-state index in [1.54, 1.807) is 0 Å². The van der Waals surface area contributed by atoms with Crippen LogP contribution in [0.4, 0.5) is 0 Å². The van der Waals surface area contributed by atoms with Crippen LogP contribution in [0.25, 0.3) is 0 Å². The first-order valence-corrected chi connectivity index (χ1v) is 8.69. The molecule has 22 heavy (non-hydrogen) atoms. The first-order chi connectivity index (χ1) is 10.2. The number of likely N-dealkylation sites (tertiary alicyclic amines) is 1. The van der Waals surface area contributed by atoms with Gasteiger partial charge >= 0.3 is 0 Å². The summed E-state index contributed by atoms with van der Waals surface area (Å²) in [5.41, 5.74) is 0. The van der Waals surface area contributed by atoms with E-state index in [0.29, 0.717) is 11.8 Å². The zero-order chi connectivity index (χ0) is 15.1. The van der Waals surface area contributed by atoms with Crippen molar-refractivity contribution in [1.82, 2.24) is 10.2 Å². The highest BCUT2D eigenvalue weighted by atomic mass is 127. The number of halogens is 1. The second-order valence-electron chi connectivity index (χ2n) is 5.60. The molecule has 1 aliphatic rings. The lowest BCUT2D eigenvalue weighted by Crippen LogP contribution is -2.41. The van der Waals surface area contributed by atoms with Crippen LogP contribution in [0.15, 0.2) is 22.5 Å². The Hall–Kier alpha value is -0.340. The molecule has 2 atom stereocenters. The van der Waals surface area contributed by atoms with Gasteiger partial charge in [0.15, 0.2) is 5.96 Å². The first-order valence-electron chi connectivity index (χ1n) is 7.81. The summed E-state index contributed by atoms with van der Waals surface area (Å²) in [4.78, 5) is 8.21. The second kappa shape index (κ2) is 10.4. The molecule has 0 aromatic carbocycles. The molecule has 6 heteroatoms. The Morgan fingerprint density at radius 3 is 3.05 bits per heavy atom. The van der Waals surface area contributed by atoms with E-state index < -0.39 is 0 Å². The zero-order valence-electron chi connectivity index (χ0n) is 13.7. The fourth-order valence-corrected chi connectivity index (χ4v) is 3.48. The highest BCUT2D eigenvalue weighted by Crippen LogP contribution is 2.20. The minimum Gasteiger partial charge on any atom is -0.381 e. The summed E-state index contributed by atoms with van der Waals surface area (Å²) in [5, 5.41) is 5.66. The summed E-state index contributed by atoms with van der Waals surface area (Å²) in [7, 11) is 1.87. The molecular formula is C16H28IN3OS. The maximum Gasteiger partial charge on any atom is 0.193 e. The smallest absolute Gasteiger partial charge is 0.193 e. The molecule has 1 aromatic heterocycles. The van der Waals surface area contributed by atoms with Crippen LogP contribution in [-0.4, -0.2) is 50.8 Å². The Balaban J connectivity index is 0.00000242. The van der Waals surface area contributed by atoms with Gasteiger partial charge in [0.1, 0.15) is 0 Å². The molecule has 0 amide bonds. The standard InChI is InChI=1S/C16H27N3OS.HI/c1-4-20-12-14-7-8-19(11-14)16(17-3)18-10-13(2)15-6-5-9-21-15;/h5-6,9,13-14H,4,7-8,10-12H2,1-3H3,(H,17,18);1H. The third kappa shape index (κ3) is 5.70. The number of nitrogens with zero attached hydrogens (tertiary/aromatic N) is 2. The number of aliphatic imine (C=N–C) groups is 1. The largest absolute Gasteiger partial charge is 0.381 e. The van der Waals surface area contributed by atoms with Gasteiger partial charge in [-0.3, -0.25) is 4.99 Å². The summed E-state index contributed by atoms with van der Waals surface area (Å²) in [6.07, 6.45) is 1.20. The topological polar surface area (TPSA) is 36.9 Å². The van der Waals surface area contributed by atoms with Crippen molar-refractivity contribution >= 4 is 41.3 Å². The summed E-state index contributed by atoms with van der Waals surface area (Å²) in [6.45, 7) is 9.04. The third-order valence-electron chi connectivity index (χ3n) is 3.95. The molecular weight excluding hydrogens is 409 g/mol. The molecule has 2 unspecified atom stereocenters. The van der Waals surface area contributed by atoms with Crippen LogP contribution in [-0.2, 0) is 4.74 Å². The molecule has 1 aromatic rings. The van der Waals surface area contributed by atoms with E-state index in [-0.39, 0.29) is 24.0 Å². The normalized spacial score (nSPS) is 19.9.